The van der Waals surface area contributed by atoms with Gasteiger partial charge in [0.1, 0.15) is 11.2 Å². The van der Waals surface area contributed by atoms with Gasteiger partial charge in [-0.3, -0.25) is 0 Å². The summed E-state index contributed by atoms with van der Waals surface area (Å²) in [6, 6.07) is 7.41. The molecule has 1 aliphatic carbocycles. The quantitative estimate of drug-likeness (QED) is 0.404. The van der Waals surface area contributed by atoms with E-state index in [1.54, 1.807) is 17.0 Å². The number of amides is 2. The first-order valence-electron chi connectivity index (χ1n) is 12.3. The molecule has 1 aliphatic rings. The Labute approximate surface area is 205 Å². The molecule has 0 atom stereocenters. The molecule has 1 aromatic carbocycles. The number of nitrogens with zero attached hydrogens (tertiary/aromatic N) is 3. The summed E-state index contributed by atoms with van der Waals surface area (Å²) in [5.41, 5.74) is 0.334. The van der Waals surface area contributed by atoms with Crippen LogP contribution in [0.5, 0.6) is 0 Å². The van der Waals surface area contributed by atoms with Crippen molar-refractivity contribution in [1.29, 1.82) is 0 Å². The summed E-state index contributed by atoms with van der Waals surface area (Å²) in [7, 11) is 0. The van der Waals surface area contributed by atoms with Gasteiger partial charge in [-0.15, -0.1) is 0 Å². The van der Waals surface area contributed by atoms with Crippen molar-refractivity contribution in [3.05, 3.63) is 41.2 Å². The summed E-state index contributed by atoms with van der Waals surface area (Å²) in [4.78, 5) is 32.9. The van der Waals surface area contributed by atoms with Gasteiger partial charge in [0.15, 0.2) is 5.69 Å². The second-order valence-electron chi connectivity index (χ2n) is 11.0. The second-order valence-corrected chi connectivity index (χ2v) is 11.0. The highest BCUT2D eigenvalue weighted by Gasteiger charge is 2.30. The molecule has 0 bridgehead atoms. The molecular weight excluding hydrogens is 430 g/mol. The molecule has 0 radical (unpaired) electrons. The Bertz CT molecular complexity index is 841. The maximum atomic E-state index is 13.0. The maximum Gasteiger partial charge on any atom is 0.410 e. The lowest BCUT2D eigenvalue weighted by molar-refractivity contribution is 0.00970. The first kappa shape index (κ1) is 27.5. The number of carbonyl (C=O) groups is 2. The van der Waals surface area contributed by atoms with E-state index >= 15 is 0 Å². The Morgan fingerprint density at radius 1 is 0.912 bits per heavy atom. The Morgan fingerprint density at radius 2 is 1.47 bits per heavy atom. The normalized spacial score (nSPS) is 14.7. The van der Waals surface area contributed by atoms with Gasteiger partial charge in [0.25, 0.3) is 0 Å². The van der Waals surface area contributed by atoms with Crippen LogP contribution in [0, 0.1) is 6.57 Å². The molecule has 0 saturated heterocycles. The lowest BCUT2D eigenvalue weighted by Crippen LogP contribution is -2.45. The zero-order chi connectivity index (χ0) is 25.4. The van der Waals surface area contributed by atoms with Crippen LogP contribution >= 0.6 is 0 Å². The predicted molar refractivity (Wildman–Crippen MR) is 134 cm³/mol. The first-order chi connectivity index (χ1) is 15.9. The van der Waals surface area contributed by atoms with Gasteiger partial charge in [0, 0.05) is 25.7 Å². The SMILES string of the molecule is [C-]#[N+]c1ccc(CN(CCCN(C(=O)OC(C)(C)C)C2CCCCC2)C(=O)OC(C)(C)C)cc1. The van der Waals surface area contributed by atoms with Crippen LogP contribution in [0.2, 0.25) is 0 Å². The fourth-order valence-corrected chi connectivity index (χ4v) is 4.03. The average molecular weight is 472 g/mol. The Morgan fingerprint density at radius 3 is 2.00 bits per heavy atom. The van der Waals surface area contributed by atoms with Gasteiger partial charge in [0.2, 0.25) is 0 Å². The second kappa shape index (κ2) is 12.1. The van der Waals surface area contributed by atoms with Crippen molar-refractivity contribution in [3.63, 3.8) is 0 Å². The van der Waals surface area contributed by atoms with E-state index in [1.165, 1.54) is 6.42 Å². The van der Waals surface area contributed by atoms with Crippen LogP contribution in [0.1, 0.15) is 85.6 Å². The summed E-state index contributed by atoms with van der Waals surface area (Å²) in [5.74, 6) is 0. The highest BCUT2D eigenvalue weighted by Crippen LogP contribution is 2.25. The number of hydrogen-bond acceptors (Lipinski definition) is 4. The zero-order valence-electron chi connectivity index (χ0n) is 21.7. The van der Waals surface area contributed by atoms with Crippen LogP contribution in [-0.2, 0) is 16.0 Å². The van der Waals surface area contributed by atoms with Gasteiger partial charge in [0.05, 0.1) is 6.57 Å². The summed E-state index contributed by atoms with van der Waals surface area (Å²) in [5, 5.41) is 0. The van der Waals surface area contributed by atoms with E-state index in [0.717, 1.165) is 31.2 Å². The summed E-state index contributed by atoms with van der Waals surface area (Å²) >= 11 is 0. The number of ether oxygens (including phenoxy) is 2. The Balaban J connectivity index is 2.10. The molecule has 0 unspecified atom stereocenters. The zero-order valence-corrected chi connectivity index (χ0v) is 21.7. The summed E-state index contributed by atoms with van der Waals surface area (Å²) < 4.78 is 11.3. The highest BCUT2D eigenvalue weighted by molar-refractivity contribution is 5.69. The van der Waals surface area contributed by atoms with Crippen LogP contribution in [0.15, 0.2) is 24.3 Å². The van der Waals surface area contributed by atoms with Gasteiger partial charge in [-0.05, 0) is 66.4 Å². The van der Waals surface area contributed by atoms with Crippen LogP contribution in [-0.4, -0.2) is 52.3 Å². The van der Waals surface area contributed by atoms with Gasteiger partial charge < -0.3 is 19.3 Å². The van der Waals surface area contributed by atoms with Crippen LogP contribution in [0.4, 0.5) is 15.3 Å². The average Bonchev–Trinajstić information content (AvgIpc) is 2.74. The molecule has 0 heterocycles. The van der Waals surface area contributed by atoms with Crippen molar-refractivity contribution >= 4 is 17.9 Å². The van der Waals surface area contributed by atoms with E-state index < -0.39 is 11.2 Å². The van der Waals surface area contributed by atoms with Gasteiger partial charge in [-0.25, -0.2) is 14.4 Å². The number of rotatable bonds is 7. The Kier molecular flexibility index (Phi) is 9.78. The van der Waals surface area contributed by atoms with E-state index in [4.69, 9.17) is 16.0 Å². The van der Waals surface area contributed by atoms with Gasteiger partial charge in [-0.1, -0.05) is 43.5 Å². The molecule has 2 rings (SSSR count). The first-order valence-corrected chi connectivity index (χ1v) is 12.3. The van der Waals surface area contributed by atoms with Crippen molar-refractivity contribution in [3.8, 4) is 0 Å². The van der Waals surface area contributed by atoms with Crippen molar-refractivity contribution in [2.45, 2.75) is 104 Å². The molecule has 7 heteroatoms. The van der Waals surface area contributed by atoms with E-state index in [9.17, 15) is 9.59 Å². The molecule has 1 saturated carbocycles. The molecule has 0 spiro atoms. The molecule has 0 aromatic heterocycles. The van der Waals surface area contributed by atoms with E-state index in [0.29, 0.717) is 31.7 Å². The van der Waals surface area contributed by atoms with E-state index in [1.807, 2.05) is 58.6 Å². The number of benzene rings is 1. The third-order valence-corrected chi connectivity index (χ3v) is 5.56. The van der Waals surface area contributed by atoms with E-state index in [-0.39, 0.29) is 18.2 Å². The number of carbonyl (C=O) groups excluding carboxylic acids is 2. The molecular formula is C27H41N3O4. The minimum Gasteiger partial charge on any atom is -0.444 e. The minimum atomic E-state index is -0.603. The molecule has 0 N–H and O–H groups in total. The molecule has 0 aliphatic heterocycles. The van der Waals surface area contributed by atoms with Crippen LogP contribution < -0.4 is 0 Å². The number of hydrogen-bond donors (Lipinski definition) is 0. The van der Waals surface area contributed by atoms with E-state index in [2.05, 4.69) is 4.85 Å². The fraction of sp³-hybridized carbons (Fsp3) is 0.667. The van der Waals surface area contributed by atoms with Crippen molar-refractivity contribution in [1.82, 2.24) is 9.80 Å². The molecule has 1 aromatic rings. The maximum absolute atomic E-state index is 13.0. The molecule has 34 heavy (non-hydrogen) atoms. The van der Waals surface area contributed by atoms with Gasteiger partial charge in [-0.2, -0.15) is 0 Å². The molecule has 188 valence electrons. The largest absolute Gasteiger partial charge is 0.444 e. The van der Waals surface area contributed by atoms with Gasteiger partial charge >= 0.3 is 12.2 Å². The lowest BCUT2D eigenvalue weighted by Gasteiger charge is -2.36. The topological polar surface area (TPSA) is 63.4 Å². The minimum absolute atomic E-state index is 0.180. The summed E-state index contributed by atoms with van der Waals surface area (Å²) in [6.07, 6.45) is 5.38. The Hall–Kier alpha value is -2.75. The lowest BCUT2D eigenvalue weighted by atomic mass is 9.94. The van der Waals surface area contributed by atoms with Crippen molar-refractivity contribution in [2.24, 2.45) is 0 Å². The van der Waals surface area contributed by atoms with Crippen molar-refractivity contribution < 1.29 is 19.1 Å². The standard InChI is InChI=1S/C27H41N3O4/c1-26(2,3)33-24(31)29(20-21-14-16-22(28-7)17-15-21)18-11-19-30(23-12-9-8-10-13-23)25(32)34-27(4,5)6/h14-17,23H,8-13,18-20H2,1-6H3. The summed E-state index contributed by atoms with van der Waals surface area (Å²) in [6.45, 7) is 19.7. The molecule has 7 nitrogen and oxygen atoms in total. The third-order valence-electron chi connectivity index (χ3n) is 5.56. The molecule has 1 fully saturated rings. The monoisotopic (exact) mass is 471 g/mol. The molecule has 2 amide bonds. The third kappa shape index (κ3) is 9.62. The predicted octanol–water partition coefficient (Wildman–Crippen LogP) is 6.93. The fourth-order valence-electron chi connectivity index (χ4n) is 4.03. The smallest absolute Gasteiger partial charge is 0.410 e. The van der Waals surface area contributed by atoms with Crippen LogP contribution in [0.25, 0.3) is 4.85 Å². The highest BCUT2D eigenvalue weighted by atomic mass is 16.6. The van der Waals surface area contributed by atoms with Crippen LogP contribution in [0.3, 0.4) is 0 Å². The van der Waals surface area contributed by atoms with Crippen molar-refractivity contribution in [2.75, 3.05) is 13.1 Å².